The summed E-state index contributed by atoms with van der Waals surface area (Å²) in [4.78, 5) is 27.0. The van der Waals surface area contributed by atoms with E-state index in [1.165, 1.54) is 36.5 Å². The number of amides is 1. The van der Waals surface area contributed by atoms with Gasteiger partial charge in [-0.05, 0) is 18.2 Å². The van der Waals surface area contributed by atoms with Crippen molar-refractivity contribution < 1.29 is 32.5 Å². The highest BCUT2D eigenvalue weighted by Crippen LogP contribution is 2.33. The largest absolute Gasteiger partial charge is 0.464 e. The molecule has 1 atom stereocenters. The number of H-pyrrole nitrogens is 1. The van der Waals surface area contributed by atoms with Gasteiger partial charge in [-0.25, -0.2) is 15.1 Å². The van der Waals surface area contributed by atoms with Gasteiger partial charge in [0.15, 0.2) is 0 Å². The third-order valence-corrected chi connectivity index (χ3v) is 4.00. The van der Waals surface area contributed by atoms with Crippen molar-refractivity contribution in [1.82, 2.24) is 5.32 Å². The van der Waals surface area contributed by atoms with E-state index in [1.807, 2.05) is 5.32 Å². The standard InChI is InChI=1S/C16H12Cl2F3N3O3/c1-27-14(26)15(16(19,20)21,23-12-7-6-9(17)8-22-12)24-13(25)10-4-2-3-5-11(10)18/h2-8H,1H3,(H,22,23)(H,24,25)/p+1/t15-/m1/s1. The highest BCUT2D eigenvalue weighted by molar-refractivity contribution is 6.33. The summed E-state index contributed by atoms with van der Waals surface area (Å²) in [6.45, 7) is 0. The van der Waals surface area contributed by atoms with Crippen molar-refractivity contribution in [3.63, 3.8) is 0 Å². The summed E-state index contributed by atoms with van der Waals surface area (Å²) in [5, 5.41) is 3.73. The number of hydrogen-bond acceptors (Lipinski definition) is 4. The molecule has 1 amide bonds. The monoisotopic (exact) mass is 422 g/mol. The van der Waals surface area contributed by atoms with E-state index < -0.39 is 23.7 Å². The van der Waals surface area contributed by atoms with Gasteiger partial charge in [-0.1, -0.05) is 35.3 Å². The molecule has 0 aliphatic rings. The molecule has 0 bridgehead atoms. The lowest BCUT2D eigenvalue weighted by molar-refractivity contribution is -0.362. The Bertz CT molecular complexity index is 847. The third-order valence-electron chi connectivity index (χ3n) is 3.43. The van der Waals surface area contributed by atoms with Crippen molar-refractivity contribution >= 4 is 40.9 Å². The van der Waals surface area contributed by atoms with Gasteiger partial charge >= 0.3 is 17.8 Å². The number of alkyl halides is 3. The first-order valence-corrected chi connectivity index (χ1v) is 8.04. The van der Waals surface area contributed by atoms with E-state index in [-0.39, 0.29) is 21.4 Å². The molecule has 144 valence electrons. The number of methoxy groups -OCH3 is 1. The first kappa shape index (κ1) is 20.8. The van der Waals surface area contributed by atoms with Crippen LogP contribution in [0.1, 0.15) is 10.4 Å². The maximum atomic E-state index is 13.9. The molecule has 0 saturated heterocycles. The highest BCUT2D eigenvalue weighted by Gasteiger charge is 2.67. The predicted octanol–water partition coefficient (Wildman–Crippen LogP) is 3.08. The van der Waals surface area contributed by atoms with Crippen LogP contribution >= 0.6 is 23.2 Å². The summed E-state index contributed by atoms with van der Waals surface area (Å²) < 4.78 is 46.0. The molecule has 0 radical (unpaired) electrons. The number of carbonyl (C=O) groups is 2. The van der Waals surface area contributed by atoms with Gasteiger partial charge in [0.05, 0.1) is 22.7 Å². The number of carbonyl (C=O) groups excluding carboxylic acids is 2. The lowest BCUT2D eigenvalue weighted by Gasteiger charge is -2.30. The van der Waals surface area contributed by atoms with Gasteiger partial charge in [-0.2, -0.15) is 13.2 Å². The summed E-state index contributed by atoms with van der Waals surface area (Å²) in [6.07, 6.45) is -4.08. The van der Waals surface area contributed by atoms with E-state index in [0.29, 0.717) is 0 Å². The smallest absolute Gasteiger partial charge is 0.464 e. The first-order chi connectivity index (χ1) is 12.6. The second-order valence-electron chi connectivity index (χ2n) is 5.22. The van der Waals surface area contributed by atoms with Gasteiger partial charge < -0.3 is 4.74 Å². The zero-order valence-corrected chi connectivity index (χ0v) is 15.2. The van der Waals surface area contributed by atoms with Crippen LogP contribution in [0.15, 0.2) is 42.6 Å². The van der Waals surface area contributed by atoms with E-state index in [4.69, 9.17) is 23.2 Å². The van der Waals surface area contributed by atoms with Crippen LogP contribution in [0.25, 0.3) is 0 Å². The van der Waals surface area contributed by atoms with Crippen LogP contribution in [0.3, 0.4) is 0 Å². The number of rotatable bonds is 5. The van der Waals surface area contributed by atoms with Gasteiger partial charge in [-0.15, -0.1) is 0 Å². The Kier molecular flexibility index (Phi) is 6.17. The maximum absolute atomic E-state index is 13.9. The zero-order chi connectivity index (χ0) is 20.2. The fourth-order valence-corrected chi connectivity index (χ4v) is 2.45. The minimum absolute atomic E-state index is 0.0889. The Morgan fingerprint density at radius 3 is 2.30 bits per heavy atom. The van der Waals surface area contributed by atoms with Crippen molar-refractivity contribution in [2.45, 2.75) is 11.8 Å². The molecule has 0 unspecified atom stereocenters. The van der Waals surface area contributed by atoms with Crippen molar-refractivity contribution in [3.8, 4) is 0 Å². The second kappa shape index (κ2) is 8.01. The molecule has 6 nitrogen and oxygen atoms in total. The Morgan fingerprint density at radius 1 is 1.11 bits per heavy atom. The topological polar surface area (TPSA) is 81.6 Å². The molecule has 11 heteroatoms. The fraction of sp³-hybridized carbons (Fsp3) is 0.188. The number of hydrogen-bond donors (Lipinski definition) is 2. The molecule has 0 spiro atoms. The molecule has 1 aromatic heterocycles. The van der Waals surface area contributed by atoms with E-state index in [9.17, 15) is 22.8 Å². The summed E-state index contributed by atoms with van der Waals surface area (Å²) in [5.74, 6) is -3.26. The van der Waals surface area contributed by atoms with Crippen molar-refractivity contribution in [3.05, 3.63) is 58.2 Å². The second-order valence-corrected chi connectivity index (χ2v) is 6.06. The summed E-state index contributed by atoms with van der Waals surface area (Å²) >= 11 is 11.5. The molecule has 2 rings (SSSR count). The van der Waals surface area contributed by atoms with Gasteiger partial charge in [0.1, 0.15) is 6.20 Å². The van der Waals surface area contributed by atoms with Crippen LogP contribution in [0, 0.1) is 0 Å². The number of pyridine rings is 1. The average molecular weight is 423 g/mol. The third kappa shape index (κ3) is 4.42. The molecular formula is C16H13Cl2F3N3O3+. The van der Waals surface area contributed by atoms with Crippen LogP contribution in [0.2, 0.25) is 10.0 Å². The predicted molar refractivity (Wildman–Crippen MR) is 91.4 cm³/mol. The summed E-state index contributed by atoms with van der Waals surface area (Å²) in [6, 6.07) is 7.89. The number of aromatic amines is 1. The number of nitrogens with one attached hydrogen (secondary N) is 3. The molecule has 0 aliphatic heterocycles. The van der Waals surface area contributed by atoms with Crippen LogP contribution < -0.4 is 15.6 Å². The fourth-order valence-electron chi connectivity index (χ4n) is 2.11. The van der Waals surface area contributed by atoms with Crippen LogP contribution in [0.5, 0.6) is 0 Å². The van der Waals surface area contributed by atoms with E-state index >= 15 is 0 Å². The minimum Gasteiger partial charge on any atom is -0.464 e. The van der Waals surface area contributed by atoms with E-state index in [2.05, 4.69) is 9.72 Å². The number of aromatic nitrogens is 1. The molecule has 2 aromatic rings. The maximum Gasteiger partial charge on any atom is 0.464 e. The minimum atomic E-state index is -5.27. The molecule has 0 aliphatic carbocycles. The lowest BCUT2D eigenvalue weighted by Crippen LogP contribution is -2.69. The van der Waals surface area contributed by atoms with Gasteiger partial charge in [0.2, 0.25) is 0 Å². The van der Waals surface area contributed by atoms with Crippen molar-refractivity contribution in [2.24, 2.45) is 0 Å². The molecule has 1 heterocycles. The number of benzene rings is 1. The lowest BCUT2D eigenvalue weighted by atomic mass is 10.1. The molecule has 3 N–H and O–H groups in total. The Labute approximate surface area is 161 Å². The summed E-state index contributed by atoms with van der Waals surface area (Å²) in [7, 11) is 0.762. The Morgan fingerprint density at radius 2 is 1.78 bits per heavy atom. The SMILES string of the molecule is COC(=O)[C@](NC(=O)c1ccccc1Cl)(Nc1ccc(Cl)c[nH+]1)C(F)(F)F. The quantitative estimate of drug-likeness (QED) is 0.572. The molecule has 0 fully saturated rings. The molecule has 1 aromatic carbocycles. The van der Waals surface area contributed by atoms with Crippen LogP contribution in [-0.4, -0.2) is 30.8 Å². The summed E-state index contributed by atoms with van der Waals surface area (Å²) in [5.41, 5.74) is -3.83. The number of esters is 1. The molecule has 27 heavy (non-hydrogen) atoms. The van der Waals surface area contributed by atoms with Gasteiger partial charge in [-0.3, -0.25) is 10.1 Å². The zero-order valence-electron chi connectivity index (χ0n) is 13.7. The van der Waals surface area contributed by atoms with E-state index in [0.717, 1.165) is 13.2 Å². The first-order valence-electron chi connectivity index (χ1n) is 7.28. The molecular weight excluding hydrogens is 410 g/mol. The van der Waals surface area contributed by atoms with Gasteiger partial charge in [0.25, 0.3) is 11.7 Å². The number of ether oxygens (including phenoxy) is 1. The Hall–Kier alpha value is -2.52. The average Bonchev–Trinajstić information content (AvgIpc) is 2.61. The van der Waals surface area contributed by atoms with Crippen LogP contribution in [-0.2, 0) is 9.53 Å². The van der Waals surface area contributed by atoms with Crippen molar-refractivity contribution in [2.75, 3.05) is 12.4 Å². The number of halogens is 5. The normalized spacial score (nSPS) is 13.4. The Balaban J connectivity index is 2.50. The highest BCUT2D eigenvalue weighted by atomic mass is 35.5. The number of anilines is 1. The molecule has 0 saturated carbocycles. The van der Waals surface area contributed by atoms with Crippen molar-refractivity contribution in [1.29, 1.82) is 0 Å². The van der Waals surface area contributed by atoms with E-state index in [1.54, 1.807) is 5.32 Å². The van der Waals surface area contributed by atoms with Crippen LogP contribution in [0.4, 0.5) is 19.0 Å². The van der Waals surface area contributed by atoms with Gasteiger partial charge in [0, 0.05) is 6.07 Å².